The highest BCUT2D eigenvalue weighted by molar-refractivity contribution is 7.71. The van der Waals surface area contributed by atoms with Gasteiger partial charge in [-0.2, -0.15) is 0 Å². The third-order valence-electron chi connectivity index (χ3n) is 2.37. The molecule has 1 heterocycles. The molecule has 0 aromatic carbocycles. The van der Waals surface area contributed by atoms with Gasteiger partial charge in [0.1, 0.15) is 4.64 Å². The smallest absolute Gasteiger partial charge is 0.124 e. The lowest BCUT2D eigenvalue weighted by Crippen LogP contribution is -1.97. The Morgan fingerprint density at radius 3 is 2.77 bits per heavy atom. The normalized spacial score (nSPS) is 16.5. The van der Waals surface area contributed by atoms with Gasteiger partial charge in [-0.3, -0.25) is 9.78 Å². The van der Waals surface area contributed by atoms with Gasteiger partial charge in [0.15, 0.2) is 0 Å². The highest BCUT2D eigenvalue weighted by Gasteiger charge is 2.22. The largest absolute Gasteiger partial charge is 0.372 e. The molecule has 1 saturated carbocycles. The predicted molar refractivity (Wildman–Crippen MR) is 53.1 cm³/mol. The van der Waals surface area contributed by atoms with Crippen molar-refractivity contribution in [1.29, 1.82) is 0 Å². The molecule has 1 aliphatic rings. The van der Waals surface area contributed by atoms with Gasteiger partial charge >= 0.3 is 0 Å². The second-order valence-electron chi connectivity index (χ2n) is 3.59. The van der Waals surface area contributed by atoms with Gasteiger partial charge in [0, 0.05) is 12.6 Å². The Balaban J connectivity index is 2.10. The molecular formula is C9H14N2OS. The Hall–Kier alpha value is -0.610. The minimum atomic E-state index is 0.501. The van der Waals surface area contributed by atoms with E-state index in [0.717, 1.165) is 15.9 Å². The van der Waals surface area contributed by atoms with E-state index >= 15 is 0 Å². The number of ether oxygens (including phenoxy) is 1. The van der Waals surface area contributed by atoms with Crippen molar-refractivity contribution in [3.05, 3.63) is 15.9 Å². The van der Waals surface area contributed by atoms with E-state index < -0.39 is 0 Å². The zero-order valence-corrected chi connectivity index (χ0v) is 8.78. The fourth-order valence-corrected chi connectivity index (χ4v) is 1.46. The molecule has 0 unspecified atom stereocenters. The summed E-state index contributed by atoms with van der Waals surface area (Å²) in [6, 6.07) is 0. The molecule has 0 aliphatic heterocycles. The molecule has 1 aromatic rings. The van der Waals surface area contributed by atoms with Crippen molar-refractivity contribution in [3.63, 3.8) is 0 Å². The van der Waals surface area contributed by atoms with E-state index in [0.29, 0.717) is 12.7 Å². The average Bonchev–Trinajstić information content (AvgIpc) is 2.89. The van der Waals surface area contributed by atoms with E-state index in [1.54, 1.807) is 0 Å². The van der Waals surface area contributed by atoms with Crippen LogP contribution in [0, 0.1) is 11.6 Å². The first kappa shape index (κ1) is 8.97. The summed E-state index contributed by atoms with van der Waals surface area (Å²) in [6.45, 7) is 2.70. The summed E-state index contributed by atoms with van der Waals surface area (Å²) < 4.78 is 8.32. The molecule has 1 fully saturated rings. The van der Waals surface area contributed by atoms with Crippen LogP contribution < -0.4 is 0 Å². The average molecular weight is 198 g/mol. The highest BCUT2D eigenvalue weighted by Crippen LogP contribution is 2.25. The molecule has 0 atom stereocenters. The quantitative estimate of drug-likeness (QED) is 0.753. The number of nitrogens with one attached hydrogen (secondary N) is 1. The van der Waals surface area contributed by atoms with Crippen molar-refractivity contribution in [1.82, 2.24) is 9.78 Å². The molecule has 0 bridgehead atoms. The zero-order chi connectivity index (χ0) is 9.42. The van der Waals surface area contributed by atoms with Crippen molar-refractivity contribution < 1.29 is 4.74 Å². The minimum absolute atomic E-state index is 0.501. The molecule has 1 aromatic heterocycles. The molecule has 2 rings (SSSR count). The topological polar surface area (TPSA) is 29.9 Å². The number of rotatable bonds is 3. The van der Waals surface area contributed by atoms with Crippen molar-refractivity contribution >= 4 is 12.2 Å². The van der Waals surface area contributed by atoms with E-state index in [2.05, 4.69) is 5.10 Å². The Morgan fingerprint density at radius 1 is 1.62 bits per heavy atom. The Labute approximate surface area is 82.7 Å². The first-order chi connectivity index (χ1) is 6.18. The highest BCUT2D eigenvalue weighted by atomic mass is 32.1. The zero-order valence-electron chi connectivity index (χ0n) is 7.96. The van der Waals surface area contributed by atoms with Crippen LogP contribution in [0.15, 0.2) is 0 Å². The van der Waals surface area contributed by atoms with Crippen molar-refractivity contribution in [2.45, 2.75) is 32.5 Å². The summed E-state index contributed by atoms with van der Waals surface area (Å²) in [5.41, 5.74) is 2.25. The lowest BCUT2D eigenvalue weighted by Gasteiger charge is -1.99. The van der Waals surface area contributed by atoms with Gasteiger partial charge in [0.25, 0.3) is 0 Å². The number of aromatic amines is 1. The van der Waals surface area contributed by atoms with Crippen LogP contribution in [-0.2, 0) is 18.4 Å². The maximum atomic E-state index is 5.60. The van der Waals surface area contributed by atoms with E-state index in [4.69, 9.17) is 17.0 Å². The van der Waals surface area contributed by atoms with Gasteiger partial charge in [0.2, 0.25) is 0 Å². The fourth-order valence-electron chi connectivity index (χ4n) is 1.29. The summed E-state index contributed by atoms with van der Waals surface area (Å²) >= 11 is 5.19. The second-order valence-corrected chi connectivity index (χ2v) is 3.98. The first-order valence-electron chi connectivity index (χ1n) is 4.54. The van der Waals surface area contributed by atoms with Crippen molar-refractivity contribution in [2.24, 2.45) is 7.05 Å². The molecule has 0 amide bonds. The first-order valence-corrected chi connectivity index (χ1v) is 4.95. The monoisotopic (exact) mass is 198 g/mol. The molecule has 0 saturated heterocycles. The summed E-state index contributed by atoms with van der Waals surface area (Å²) in [4.78, 5) is 0. The Bertz CT molecular complexity index is 362. The van der Waals surface area contributed by atoms with Crippen LogP contribution in [0.5, 0.6) is 0 Å². The van der Waals surface area contributed by atoms with E-state index in [-0.39, 0.29) is 0 Å². The van der Waals surface area contributed by atoms with Gasteiger partial charge in [-0.1, -0.05) is 12.2 Å². The molecule has 3 nitrogen and oxygen atoms in total. The second kappa shape index (κ2) is 3.27. The van der Waals surface area contributed by atoms with Crippen molar-refractivity contribution in [2.75, 3.05) is 0 Å². The van der Waals surface area contributed by atoms with Gasteiger partial charge in [-0.25, -0.2) is 0 Å². The van der Waals surface area contributed by atoms with Gasteiger partial charge in [0.05, 0.1) is 18.4 Å². The summed E-state index contributed by atoms with van der Waals surface area (Å²) in [5, 5.41) is 3.18. The summed E-state index contributed by atoms with van der Waals surface area (Å²) in [6.07, 6.45) is 2.93. The van der Waals surface area contributed by atoms with Gasteiger partial charge in [-0.15, -0.1) is 0 Å². The molecule has 1 N–H and O–H groups in total. The molecule has 72 valence electrons. The minimum Gasteiger partial charge on any atom is -0.372 e. The lowest BCUT2D eigenvalue weighted by atomic mass is 10.3. The fraction of sp³-hybridized carbons (Fsp3) is 0.667. The maximum absolute atomic E-state index is 5.60. The number of aromatic nitrogens is 2. The van der Waals surface area contributed by atoms with E-state index in [9.17, 15) is 0 Å². The third-order valence-corrected chi connectivity index (χ3v) is 2.95. The van der Waals surface area contributed by atoms with Crippen LogP contribution in [-0.4, -0.2) is 15.9 Å². The lowest BCUT2D eigenvalue weighted by molar-refractivity contribution is 0.103. The molecule has 0 radical (unpaired) electrons. The Morgan fingerprint density at radius 2 is 2.31 bits per heavy atom. The van der Waals surface area contributed by atoms with Crippen LogP contribution >= 0.6 is 12.2 Å². The molecular weight excluding hydrogens is 184 g/mol. The third kappa shape index (κ3) is 1.84. The van der Waals surface area contributed by atoms with Gasteiger partial charge < -0.3 is 4.74 Å². The number of hydrogen-bond donors (Lipinski definition) is 1. The van der Waals surface area contributed by atoms with Crippen LogP contribution in [0.25, 0.3) is 0 Å². The van der Waals surface area contributed by atoms with Crippen molar-refractivity contribution in [3.8, 4) is 0 Å². The summed E-state index contributed by atoms with van der Waals surface area (Å²) in [7, 11) is 1.93. The van der Waals surface area contributed by atoms with E-state index in [1.807, 2.05) is 18.7 Å². The number of hydrogen-bond acceptors (Lipinski definition) is 2. The van der Waals surface area contributed by atoms with Gasteiger partial charge in [-0.05, 0) is 19.8 Å². The Kier molecular flexibility index (Phi) is 2.26. The summed E-state index contributed by atoms with van der Waals surface area (Å²) in [5.74, 6) is 0. The molecule has 1 aliphatic carbocycles. The van der Waals surface area contributed by atoms with Crippen LogP contribution in [0.2, 0.25) is 0 Å². The SMILES string of the molecule is Cc1c(COC2CC2)[nH]n(C)c1=S. The number of nitrogens with zero attached hydrogens (tertiary/aromatic N) is 1. The molecule has 13 heavy (non-hydrogen) atoms. The van der Waals surface area contributed by atoms with Crippen LogP contribution in [0.4, 0.5) is 0 Å². The molecule has 0 spiro atoms. The predicted octanol–water partition coefficient (Wildman–Crippen LogP) is 2.07. The number of H-pyrrole nitrogens is 1. The molecule has 4 heteroatoms. The van der Waals surface area contributed by atoms with Crippen LogP contribution in [0.1, 0.15) is 24.1 Å². The van der Waals surface area contributed by atoms with E-state index in [1.165, 1.54) is 12.8 Å². The van der Waals surface area contributed by atoms with Crippen LogP contribution in [0.3, 0.4) is 0 Å². The number of aryl methyl sites for hydroxylation is 1. The maximum Gasteiger partial charge on any atom is 0.124 e. The standard InChI is InChI=1S/C9H14N2OS/c1-6-8(5-12-7-3-4-7)10-11(2)9(6)13/h7,10H,3-5H2,1-2H3.